The molecule has 3 aromatic carbocycles. The number of aromatic nitrogens is 1. The summed E-state index contributed by atoms with van der Waals surface area (Å²) in [6, 6.07) is 18.2. The van der Waals surface area contributed by atoms with Crippen LogP contribution in [-0.2, 0) is 21.3 Å². The molecular formula is C23H18N2O4S. The lowest BCUT2D eigenvalue weighted by molar-refractivity contribution is 0.0598. The van der Waals surface area contributed by atoms with E-state index in [-0.39, 0.29) is 11.4 Å². The van der Waals surface area contributed by atoms with E-state index in [1.165, 1.54) is 11.4 Å². The van der Waals surface area contributed by atoms with Crippen LogP contribution in [0.4, 0.5) is 5.69 Å². The van der Waals surface area contributed by atoms with Crippen LogP contribution >= 0.6 is 0 Å². The average molecular weight is 418 g/mol. The summed E-state index contributed by atoms with van der Waals surface area (Å²) < 4.78 is 33.0. The number of esters is 1. The number of rotatable bonds is 3. The van der Waals surface area contributed by atoms with Gasteiger partial charge in [-0.15, -0.1) is 0 Å². The lowest BCUT2D eigenvalue weighted by Crippen LogP contribution is -2.28. The van der Waals surface area contributed by atoms with E-state index in [4.69, 9.17) is 4.74 Å². The number of ether oxygens (including phenoxy) is 1. The fraction of sp³-hybridized carbons (Fsp3) is 0.130. The average Bonchev–Trinajstić information content (AvgIpc) is 2.97. The van der Waals surface area contributed by atoms with Crippen LogP contribution in [-0.4, -0.2) is 26.5 Å². The van der Waals surface area contributed by atoms with Crippen LogP contribution in [0.5, 0.6) is 0 Å². The summed E-state index contributed by atoms with van der Waals surface area (Å²) in [7, 11) is -2.46. The quantitative estimate of drug-likeness (QED) is 0.466. The number of hydrogen-bond acceptors (Lipinski definition) is 5. The fourth-order valence-corrected chi connectivity index (χ4v) is 5.86. The lowest BCUT2D eigenvalue weighted by Gasteiger charge is -2.21. The van der Waals surface area contributed by atoms with Gasteiger partial charge in [-0.1, -0.05) is 42.5 Å². The summed E-state index contributed by atoms with van der Waals surface area (Å²) >= 11 is 0. The van der Waals surface area contributed by atoms with Gasteiger partial charge in [0.2, 0.25) is 0 Å². The molecule has 1 aromatic heterocycles. The molecule has 30 heavy (non-hydrogen) atoms. The molecule has 2 heterocycles. The Morgan fingerprint density at radius 1 is 1.03 bits per heavy atom. The molecule has 0 bridgehead atoms. The number of aryl methyl sites for hydroxylation is 1. The molecule has 1 aliphatic heterocycles. The van der Waals surface area contributed by atoms with E-state index in [1.54, 1.807) is 18.2 Å². The number of hydrogen-bond donors (Lipinski definition) is 0. The number of carbonyl (C=O) groups is 1. The van der Waals surface area contributed by atoms with E-state index in [0.717, 1.165) is 16.3 Å². The van der Waals surface area contributed by atoms with Crippen LogP contribution in [0.25, 0.3) is 21.7 Å². The topological polar surface area (TPSA) is 76.6 Å². The van der Waals surface area contributed by atoms with Gasteiger partial charge in [0.15, 0.2) is 0 Å². The minimum absolute atomic E-state index is 0.0633. The van der Waals surface area contributed by atoms with Gasteiger partial charge in [-0.25, -0.2) is 18.2 Å². The number of fused-ring (bicyclic) bond motifs is 1. The van der Waals surface area contributed by atoms with Gasteiger partial charge in [-0.3, -0.25) is 4.31 Å². The summed E-state index contributed by atoms with van der Waals surface area (Å²) in [5.41, 5.74) is 2.67. The number of sulfonamides is 1. The molecule has 0 N–H and O–H groups in total. The Labute approximate surface area is 173 Å². The van der Waals surface area contributed by atoms with Crippen LogP contribution in [0.3, 0.4) is 0 Å². The molecule has 0 aliphatic carbocycles. The number of carbonyl (C=O) groups excluding carboxylic acids is 1. The third kappa shape index (κ3) is 2.52. The molecule has 5 rings (SSSR count). The number of para-hydroxylation sites is 1. The molecule has 4 aromatic rings. The Balaban J connectivity index is 1.74. The van der Waals surface area contributed by atoms with Crippen molar-refractivity contribution in [1.29, 1.82) is 0 Å². The first-order valence-electron chi connectivity index (χ1n) is 9.44. The first-order chi connectivity index (χ1) is 14.4. The Hall–Kier alpha value is -3.45. The maximum absolute atomic E-state index is 13.4. The van der Waals surface area contributed by atoms with E-state index in [1.807, 2.05) is 49.4 Å². The molecule has 0 spiro atoms. The van der Waals surface area contributed by atoms with Gasteiger partial charge in [-0.2, -0.15) is 0 Å². The Morgan fingerprint density at radius 3 is 2.53 bits per heavy atom. The van der Waals surface area contributed by atoms with Gasteiger partial charge in [-0.05, 0) is 36.1 Å². The highest BCUT2D eigenvalue weighted by Gasteiger charge is 2.36. The van der Waals surface area contributed by atoms with Crippen molar-refractivity contribution in [2.45, 2.75) is 18.4 Å². The predicted molar refractivity (Wildman–Crippen MR) is 115 cm³/mol. The smallest absolute Gasteiger partial charge is 0.340 e. The molecule has 0 saturated heterocycles. The minimum Gasteiger partial charge on any atom is -0.465 e. The van der Waals surface area contributed by atoms with E-state index < -0.39 is 16.0 Å². The van der Waals surface area contributed by atoms with Gasteiger partial charge < -0.3 is 4.74 Å². The number of methoxy groups -OCH3 is 1. The summed E-state index contributed by atoms with van der Waals surface area (Å²) in [5.74, 6) is -0.534. The predicted octanol–water partition coefficient (Wildman–Crippen LogP) is 4.19. The SMILES string of the molecule is COC(=O)c1c(CN2c3cccc4cccc(c34)S2(=O)=O)nc2ccccc2c1C. The number of nitrogens with zero attached hydrogens (tertiary/aromatic N) is 2. The van der Waals surface area contributed by atoms with E-state index >= 15 is 0 Å². The van der Waals surface area contributed by atoms with Crippen molar-refractivity contribution < 1.29 is 17.9 Å². The van der Waals surface area contributed by atoms with Crippen LogP contribution in [0.2, 0.25) is 0 Å². The zero-order chi connectivity index (χ0) is 21.0. The van der Waals surface area contributed by atoms with Gasteiger partial charge in [0, 0.05) is 10.8 Å². The molecule has 150 valence electrons. The molecular weight excluding hydrogens is 400 g/mol. The highest BCUT2D eigenvalue weighted by atomic mass is 32.2. The van der Waals surface area contributed by atoms with Crippen molar-refractivity contribution in [2.24, 2.45) is 0 Å². The van der Waals surface area contributed by atoms with Gasteiger partial charge in [0.25, 0.3) is 10.0 Å². The van der Waals surface area contributed by atoms with Gasteiger partial charge in [0.1, 0.15) is 0 Å². The molecule has 0 fully saturated rings. The number of benzene rings is 3. The lowest BCUT2D eigenvalue weighted by atomic mass is 10.0. The van der Waals surface area contributed by atoms with Gasteiger partial charge >= 0.3 is 5.97 Å². The second-order valence-electron chi connectivity index (χ2n) is 7.21. The molecule has 0 unspecified atom stereocenters. The van der Waals surface area contributed by atoms with Crippen molar-refractivity contribution in [3.05, 3.63) is 77.5 Å². The first kappa shape index (κ1) is 18.6. The molecule has 6 nitrogen and oxygen atoms in total. The summed E-state index contributed by atoms with van der Waals surface area (Å²) in [6.45, 7) is 1.76. The van der Waals surface area contributed by atoms with Crippen molar-refractivity contribution in [3.8, 4) is 0 Å². The summed E-state index contributed by atoms with van der Waals surface area (Å²) in [6.07, 6.45) is 0. The van der Waals surface area contributed by atoms with E-state index in [2.05, 4.69) is 4.98 Å². The second-order valence-corrected chi connectivity index (χ2v) is 9.04. The second kappa shape index (κ2) is 6.53. The minimum atomic E-state index is -3.77. The molecule has 0 amide bonds. The van der Waals surface area contributed by atoms with Crippen molar-refractivity contribution >= 4 is 43.4 Å². The summed E-state index contributed by atoms with van der Waals surface area (Å²) in [4.78, 5) is 17.5. The third-order valence-corrected chi connectivity index (χ3v) is 7.39. The van der Waals surface area contributed by atoms with Crippen molar-refractivity contribution in [3.63, 3.8) is 0 Å². The third-order valence-electron chi connectivity index (χ3n) is 5.59. The maximum atomic E-state index is 13.4. The monoisotopic (exact) mass is 418 g/mol. The van der Waals surface area contributed by atoms with Crippen LogP contribution < -0.4 is 4.31 Å². The molecule has 0 radical (unpaired) electrons. The molecule has 7 heteroatoms. The maximum Gasteiger partial charge on any atom is 0.340 e. The largest absolute Gasteiger partial charge is 0.465 e. The highest BCUT2D eigenvalue weighted by molar-refractivity contribution is 7.93. The van der Waals surface area contributed by atoms with Gasteiger partial charge in [0.05, 0.1) is 41.0 Å². The standard InChI is InChI=1S/C23H18N2O4S/c1-14-16-9-3-4-10-17(16)24-18(21(14)23(26)29-2)13-25-19-11-5-7-15-8-6-12-20(22(15)19)30(25,27)28/h3-12H,13H2,1-2H3. The van der Waals surface area contributed by atoms with Crippen molar-refractivity contribution in [2.75, 3.05) is 11.4 Å². The zero-order valence-electron chi connectivity index (χ0n) is 16.4. The Kier molecular flexibility index (Phi) is 4.04. The van der Waals surface area contributed by atoms with E-state index in [9.17, 15) is 13.2 Å². The fourth-order valence-electron chi connectivity index (χ4n) is 4.19. The Bertz CT molecular complexity index is 1460. The van der Waals surface area contributed by atoms with Crippen LogP contribution in [0.1, 0.15) is 21.6 Å². The summed E-state index contributed by atoms with van der Waals surface area (Å²) in [5, 5.41) is 2.38. The molecule has 1 aliphatic rings. The zero-order valence-corrected chi connectivity index (χ0v) is 17.2. The molecule has 0 saturated carbocycles. The van der Waals surface area contributed by atoms with Crippen LogP contribution in [0.15, 0.2) is 65.6 Å². The van der Waals surface area contributed by atoms with E-state index in [0.29, 0.717) is 27.8 Å². The highest BCUT2D eigenvalue weighted by Crippen LogP contribution is 2.43. The normalized spacial score (nSPS) is 14.4. The van der Waals surface area contributed by atoms with Crippen molar-refractivity contribution in [1.82, 2.24) is 4.98 Å². The Morgan fingerprint density at radius 2 is 1.77 bits per heavy atom. The molecule has 0 atom stereocenters. The van der Waals surface area contributed by atoms with Crippen LogP contribution in [0, 0.1) is 6.92 Å². The number of pyridine rings is 1. The first-order valence-corrected chi connectivity index (χ1v) is 10.9. The number of anilines is 1.